The molecule has 2 rings (SSSR count). The van der Waals surface area contributed by atoms with Crippen LogP contribution in [0, 0.1) is 17.3 Å². The van der Waals surface area contributed by atoms with Crippen molar-refractivity contribution in [3.8, 4) is 0 Å². The first-order chi connectivity index (χ1) is 11.8. The summed E-state index contributed by atoms with van der Waals surface area (Å²) in [6, 6.07) is 0.315. The predicted octanol–water partition coefficient (Wildman–Crippen LogP) is 6.26. The smallest absolute Gasteiger partial charge is 0.410 e. The van der Waals surface area contributed by atoms with Crippen LogP contribution in [0.3, 0.4) is 0 Å². The van der Waals surface area contributed by atoms with Crippen LogP contribution in [0.2, 0.25) is 19.6 Å². The number of carbonyl (C=O) groups is 1. The zero-order valence-corrected chi connectivity index (χ0v) is 19.6. The number of hydrogen-bond donors (Lipinski definition) is 0. The van der Waals surface area contributed by atoms with Crippen LogP contribution in [-0.2, 0) is 4.74 Å². The van der Waals surface area contributed by atoms with E-state index in [4.69, 9.17) is 4.74 Å². The molecule has 0 radical (unpaired) electrons. The quantitative estimate of drug-likeness (QED) is 0.417. The summed E-state index contributed by atoms with van der Waals surface area (Å²) in [7, 11) is -1.68. The molecule has 3 nitrogen and oxygen atoms in total. The summed E-state index contributed by atoms with van der Waals surface area (Å²) in [5.41, 5.74) is 1.90. The maximum absolute atomic E-state index is 13.0. The highest BCUT2D eigenvalue weighted by Crippen LogP contribution is 2.51. The van der Waals surface area contributed by atoms with Crippen LogP contribution < -0.4 is 0 Å². The number of fused-ring (bicyclic) bond motifs is 2. The summed E-state index contributed by atoms with van der Waals surface area (Å²) in [6.45, 7) is 20.1. The van der Waals surface area contributed by atoms with Crippen molar-refractivity contribution >= 4 is 14.2 Å². The van der Waals surface area contributed by atoms with Gasteiger partial charge in [0.25, 0.3) is 0 Å². The van der Waals surface area contributed by atoms with Gasteiger partial charge in [0.1, 0.15) is 5.73 Å². The van der Waals surface area contributed by atoms with E-state index in [1.54, 1.807) is 0 Å². The Morgan fingerprint density at radius 1 is 1.19 bits per heavy atom. The Morgan fingerprint density at radius 2 is 1.77 bits per heavy atom. The van der Waals surface area contributed by atoms with E-state index in [-0.39, 0.29) is 23.9 Å². The summed E-state index contributed by atoms with van der Waals surface area (Å²) in [5, 5.41) is 0. The third kappa shape index (κ3) is 4.55. The number of carbonyl (C=O) groups excluding carboxylic acids is 1. The van der Waals surface area contributed by atoms with Gasteiger partial charge in [0.2, 0.25) is 0 Å². The highest BCUT2D eigenvalue weighted by atomic mass is 28.3. The van der Waals surface area contributed by atoms with Crippen LogP contribution in [0.15, 0.2) is 11.6 Å². The third-order valence-electron chi connectivity index (χ3n) is 6.55. The van der Waals surface area contributed by atoms with E-state index in [9.17, 15) is 4.79 Å². The number of hydrogen-bond acceptors (Lipinski definition) is 2. The zero-order valence-electron chi connectivity index (χ0n) is 18.6. The van der Waals surface area contributed by atoms with E-state index in [0.29, 0.717) is 11.3 Å². The second-order valence-corrected chi connectivity index (χ2v) is 16.1. The van der Waals surface area contributed by atoms with Crippen molar-refractivity contribution in [2.75, 3.05) is 0 Å². The predicted molar refractivity (Wildman–Crippen MR) is 113 cm³/mol. The van der Waals surface area contributed by atoms with Gasteiger partial charge in [-0.15, -0.1) is 0 Å². The molecular weight excluding hydrogens is 338 g/mol. The standard InChI is InChI=1S/C22H41NO2Si/c1-15(2)23(16(3)4)21(24)25-20(26(7,8)9)19-11-10-18-14-17(19)12-13-22(18,5)6/h11,15-18,20H,10,12-14H2,1-9H3/t17-,18-,20-/m1/s1. The molecule has 0 aliphatic heterocycles. The molecule has 0 spiro atoms. The molecular formula is C22H41NO2Si. The summed E-state index contributed by atoms with van der Waals surface area (Å²) in [5.74, 6) is 1.39. The van der Waals surface area contributed by atoms with Gasteiger partial charge in [0.15, 0.2) is 0 Å². The molecule has 0 saturated heterocycles. The van der Waals surface area contributed by atoms with E-state index >= 15 is 0 Å². The average Bonchev–Trinajstić information content (AvgIpc) is 2.48. The highest BCUT2D eigenvalue weighted by molar-refractivity contribution is 6.78. The van der Waals surface area contributed by atoms with E-state index in [0.717, 1.165) is 12.3 Å². The van der Waals surface area contributed by atoms with Crippen LogP contribution in [0.5, 0.6) is 0 Å². The lowest BCUT2D eigenvalue weighted by Crippen LogP contribution is -2.51. The molecule has 3 atom stereocenters. The lowest BCUT2D eigenvalue weighted by Gasteiger charge is -2.48. The van der Waals surface area contributed by atoms with Crippen molar-refractivity contribution in [1.29, 1.82) is 0 Å². The van der Waals surface area contributed by atoms with Crippen molar-refractivity contribution < 1.29 is 9.53 Å². The van der Waals surface area contributed by atoms with Crippen LogP contribution in [-0.4, -0.2) is 36.9 Å². The monoisotopic (exact) mass is 379 g/mol. The average molecular weight is 380 g/mol. The maximum Gasteiger partial charge on any atom is 0.410 e. The number of amides is 1. The SMILES string of the molecule is CC(C)N(C(=O)O[C@@H](C1=CC[C@@H]2C[C@H]1CCC2(C)C)[Si](C)(C)C)C(C)C. The normalized spacial score (nSPS) is 26.5. The Bertz CT molecular complexity index is 537. The first kappa shape index (κ1) is 21.5. The molecule has 4 heteroatoms. The van der Waals surface area contributed by atoms with Gasteiger partial charge in [-0.1, -0.05) is 39.6 Å². The van der Waals surface area contributed by atoms with Crippen molar-refractivity contribution in [3.05, 3.63) is 11.6 Å². The molecule has 2 aliphatic rings. The Hall–Kier alpha value is -0.773. The Balaban J connectivity index is 2.25. The Labute approximate surface area is 162 Å². The van der Waals surface area contributed by atoms with Crippen LogP contribution in [0.4, 0.5) is 4.79 Å². The van der Waals surface area contributed by atoms with Gasteiger partial charge in [-0.2, -0.15) is 0 Å². The molecule has 0 unspecified atom stereocenters. The molecule has 26 heavy (non-hydrogen) atoms. The summed E-state index contributed by atoms with van der Waals surface area (Å²) in [4.78, 5) is 14.9. The van der Waals surface area contributed by atoms with Gasteiger partial charge in [0.05, 0.1) is 8.07 Å². The minimum Gasteiger partial charge on any atom is -0.446 e. The second-order valence-electron chi connectivity index (χ2n) is 10.8. The minimum absolute atomic E-state index is 0.00200. The molecule has 2 aliphatic carbocycles. The van der Waals surface area contributed by atoms with E-state index < -0.39 is 8.07 Å². The van der Waals surface area contributed by atoms with E-state index in [2.05, 4.69) is 67.3 Å². The van der Waals surface area contributed by atoms with Gasteiger partial charge in [0, 0.05) is 12.1 Å². The van der Waals surface area contributed by atoms with Crippen molar-refractivity contribution in [2.24, 2.45) is 17.3 Å². The fraction of sp³-hybridized carbons (Fsp3) is 0.864. The van der Waals surface area contributed by atoms with Gasteiger partial charge < -0.3 is 9.64 Å². The molecule has 0 aromatic rings. The maximum atomic E-state index is 13.0. The van der Waals surface area contributed by atoms with E-state index in [1.807, 2.05) is 4.90 Å². The van der Waals surface area contributed by atoms with Crippen LogP contribution >= 0.6 is 0 Å². The highest BCUT2D eigenvalue weighted by Gasteiger charge is 2.45. The topological polar surface area (TPSA) is 29.5 Å². The first-order valence-corrected chi connectivity index (χ1v) is 14.1. The molecule has 150 valence electrons. The van der Waals surface area contributed by atoms with Crippen LogP contribution in [0.1, 0.15) is 67.2 Å². The fourth-order valence-electron chi connectivity index (χ4n) is 4.94. The third-order valence-corrected chi connectivity index (χ3v) is 8.58. The molecule has 0 aromatic heterocycles. The molecule has 0 heterocycles. The van der Waals surface area contributed by atoms with E-state index in [1.165, 1.54) is 24.8 Å². The van der Waals surface area contributed by atoms with Crippen molar-refractivity contribution in [2.45, 2.75) is 105 Å². The largest absolute Gasteiger partial charge is 0.446 e. The molecule has 2 bridgehead atoms. The summed E-state index contributed by atoms with van der Waals surface area (Å²) in [6.07, 6.45) is 7.26. The number of ether oxygens (including phenoxy) is 1. The summed E-state index contributed by atoms with van der Waals surface area (Å²) >= 11 is 0. The van der Waals surface area contributed by atoms with Gasteiger partial charge in [-0.05, 0) is 76.2 Å². The number of allylic oxidation sites excluding steroid dienone is 1. The molecule has 0 aromatic carbocycles. The molecule has 1 fully saturated rings. The van der Waals surface area contributed by atoms with Crippen molar-refractivity contribution in [1.82, 2.24) is 4.90 Å². The van der Waals surface area contributed by atoms with Crippen molar-refractivity contribution in [3.63, 3.8) is 0 Å². The molecule has 0 N–H and O–H groups in total. The van der Waals surface area contributed by atoms with Gasteiger partial charge in [-0.25, -0.2) is 4.79 Å². The Kier molecular flexibility index (Phi) is 6.37. The molecule has 1 saturated carbocycles. The van der Waals surface area contributed by atoms with Crippen LogP contribution in [0.25, 0.3) is 0 Å². The fourth-order valence-corrected chi connectivity index (χ4v) is 6.75. The Morgan fingerprint density at radius 3 is 2.27 bits per heavy atom. The summed E-state index contributed by atoms with van der Waals surface area (Å²) < 4.78 is 6.26. The lowest BCUT2D eigenvalue weighted by atomic mass is 9.60. The number of rotatable bonds is 5. The van der Waals surface area contributed by atoms with Gasteiger partial charge in [-0.3, -0.25) is 0 Å². The molecule has 1 amide bonds. The zero-order chi connectivity index (χ0) is 19.9. The minimum atomic E-state index is -1.68. The number of nitrogens with zero attached hydrogens (tertiary/aromatic N) is 1. The van der Waals surface area contributed by atoms with Gasteiger partial charge >= 0.3 is 6.09 Å². The first-order valence-electron chi connectivity index (χ1n) is 10.5. The second kappa shape index (κ2) is 7.69. The lowest BCUT2D eigenvalue weighted by molar-refractivity contribution is 0.0596.